The highest BCUT2D eigenvalue weighted by molar-refractivity contribution is 6.31. The molecule has 1 aliphatic heterocycles. The van der Waals surface area contributed by atoms with Gasteiger partial charge in [0.2, 0.25) is 0 Å². The molecule has 0 spiro atoms. The lowest BCUT2D eigenvalue weighted by molar-refractivity contribution is 0.154. The highest BCUT2D eigenvalue weighted by atomic mass is 35.5. The van der Waals surface area contributed by atoms with Crippen molar-refractivity contribution in [1.29, 1.82) is 0 Å². The van der Waals surface area contributed by atoms with Crippen LogP contribution in [0.4, 0.5) is 0 Å². The van der Waals surface area contributed by atoms with Gasteiger partial charge in [0.05, 0.1) is 18.8 Å². The summed E-state index contributed by atoms with van der Waals surface area (Å²) in [5, 5.41) is 10.4. The van der Waals surface area contributed by atoms with Gasteiger partial charge in [-0.05, 0) is 11.6 Å². The van der Waals surface area contributed by atoms with E-state index in [1.807, 2.05) is 18.2 Å². The Hall–Kier alpha value is -0.570. The van der Waals surface area contributed by atoms with Gasteiger partial charge in [-0.2, -0.15) is 0 Å². The molecule has 70 valence electrons. The van der Waals surface area contributed by atoms with Gasteiger partial charge in [0.15, 0.2) is 0 Å². The van der Waals surface area contributed by atoms with Crippen LogP contribution in [0.25, 0.3) is 0 Å². The lowest BCUT2D eigenvalue weighted by Gasteiger charge is -2.10. The molecule has 1 N–H and O–H groups in total. The van der Waals surface area contributed by atoms with E-state index in [1.165, 1.54) is 0 Å². The third-order valence-electron chi connectivity index (χ3n) is 2.15. The van der Waals surface area contributed by atoms with Crippen molar-refractivity contribution >= 4 is 11.6 Å². The average Bonchev–Trinajstić information content (AvgIpc) is 2.89. The number of aliphatic hydroxyl groups excluding tert-OH is 1. The van der Waals surface area contributed by atoms with E-state index in [4.69, 9.17) is 16.3 Å². The fourth-order valence-electron chi connectivity index (χ4n) is 1.33. The minimum atomic E-state index is -0.499. The van der Waals surface area contributed by atoms with Gasteiger partial charge in [0, 0.05) is 11.4 Å². The zero-order valence-corrected chi connectivity index (χ0v) is 7.87. The number of hydrogen-bond donors (Lipinski definition) is 1. The Balaban J connectivity index is 2.09. The average molecular weight is 199 g/mol. The van der Waals surface area contributed by atoms with Gasteiger partial charge in [-0.3, -0.25) is 0 Å². The first kappa shape index (κ1) is 9.00. The summed E-state index contributed by atoms with van der Waals surface area (Å²) < 4.78 is 5.04. The van der Waals surface area contributed by atoms with Crippen LogP contribution in [0.15, 0.2) is 24.3 Å². The molecule has 0 amide bonds. The van der Waals surface area contributed by atoms with Crippen molar-refractivity contribution in [2.45, 2.75) is 18.6 Å². The maximum atomic E-state index is 9.75. The Morgan fingerprint density at radius 1 is 1.54 bits per heavy atom. The van der Waals surface area contributed by atoms with Crippen LogP contribution in [0.2, 0.25) is 5.02 Å². The summed E-state index contributed by atoms with van der Waals surface area (Å²) in [4.78, 5) is 0. The Kier molecular flexibility index (Phi) is 2.54. The van der Waals surface area contributed by atoms with Crippen LogP contribution in [0.5, 0.6) is 0 Å². The predicted molar refractivity (Wildman–Crippen MR) is 50.8 cm³/mol. The second kappa shape index (κ2) is 3.66. The number of hydrogen-bond acceptors (Lipinski definition) is 2. The Morgan fingerprint density at radius 2 is 2.23 bits per heavy atom. The summed E-state index contributed by atoms with van der Waals surface area (Å²) in [5.74, 6) is 0. The molecule has 0 bridgehead atoms. The Bertz CT molecular complexity index is 297. The zero-order valence-electron chi connectivity index (χ0n) is 7.11. The van der Waals surface area contributed by atoms with E-state index >= 15 is 0 Å². The fourth-order valence-corrected chi connectivity index (χ4v) is 1.59. The maximum absolute atomic E-state index is 9.75. The van der Waals surface area contributed by atoms with Gasteiger partial charge in [-0.25, -0.2) is 0 Å². The normalized spacial score (nSPS) is 22.8. The smallest absolute Gasteiger partial charge is 0.0837 e. The third kappa shape index (κ3) is 2.21. The monoisotopic (exact) mass is 198 g/mol. The van der Waals surface area contributed by atoms with E-state index in [0.717, 1.165) is 12.2 Å². The molecule has 1 fully saturated rings. The van der Waals surface area contributed by atoms with Crippen molar-refractivity contribution in [3.8, 4) is 0 Å². The molecule has 2 unspecified atom stereocenters. The molecule has 0 aliphatic carbocycles. The van der Waals surface area contributed by atoms with Crippen LogP contribution in [-0.4, -0.2) is 17.8 Å². The first-order valence-corrected chi connectivity index (χ1v) is 4.69. The van der Waals surface area contributed by atoms with E-state index in [0.29, 0.717) is 11.4 Å². The van der Waals surface area contributed by atoms with Crippen LogP contribution in [-0.2, 0) is 4.74 Å². The summed E-state index contributed by atoms with van der Waals surface area (Å²) in [5.41, 5.74) is 0.791. The summed E-state index contributed by atoms with van der Waals surface area (Å²) in [6, 6.07) is 7.35. The quantitative estimate of drug-likeness (QED) is 0.756. The van der Waals surface area contributed by atoms with Gasteiger partial charge in [-0.1, -0.05) is 29.8 Å². The lowest BCUT2D eigenvalue weighted by atomic mass is 10.1. The lowest BCUT2D eigenvalue weighted by Crippen LogP contribution is -2.01. The zero-order chi connectivity index (χ0) is 9.26. The molecule has 2 rings (SSSR count). The second-order valence-electron chi connectivity index (χ2n) is 3.23. The highest BCUT2D eigenvalue weighted by Crippen LogP contribution is 2.29. The van der Waals surface area contributed by atoms with Gasteiger partial charge in [0.1, 0.15) is 0 Å². The van der Waals surface area contributed by atoms with Crippen LogP contribution in [0.3, 0.4) is 0 Å². The van der Waals surface area contributed by atoms with Crippen LogP contribution in [0.1, 0.15) is 18.1 Å². The van der Waals surface area contributed by atoms with Gasteiger partial charge < -0.3 is 9.84 Å². The van der Waals surface area contributed by atoms with Gasteiger partial charge >= 0.3 is 0 Å². The van der Waals surface area contributed by atoms with E-state index in [9.17, 15) is 5.11 Å². The largest absolute Gasteiger partial charge is 0.388 e. The van der Waals surface area contributed by atoms with Crippen molar-refractivity contribution in [3.05, 3.63) is 34.9 Å². The summed E-state index contributed by atoms with van der Waals surface area (Å²) in [7, 11) is 0. The molecule has 3 heteroatoms. The van der Waals surface area contributed by atoms with Gasteiger partial charge in [0.25, 0.3) is 0 Å². The molecule has 2 atom stereocenters. The fraction of sp³-hybridized carbons (Fsp3) is 0.400. The van der Waals surface area contributed by atoms with Crippen LogP contribution >= 0.6 is 11.6 Å². The molecule has 0 saturated carbocycles. The number of rotatable bonds is 3. The summed E-state index contributed by atoms with van der Waals surface area (Å²) in [6.45, 7) is 0.765. The SMILES string of the molecule is OC(CC1CO1)c1ccccc1Cl. The number of epoxide rings is 1. The molecule has 1 aromatic rings. The second-order valence-corrected chi connectivity index (χ2v) is 3.64. The minimum absolute atomic E-state index is 0.228. The first-order chi connectivity index (χ1) is 6.27. The molecule has 1 heterocycles. The first-order valence-electron chi connectivity index (χ1n) is 4.31. The van der Waals surface area contributed by atoms with E-state index in [2.05, 4.69) is 0 Å². The van der Waals surface area contributed by atoms with Crippen molar-refractivity contribution in [2.24, 2.45) is 0 Å². The molecule has 1 aromatic carbocycles. The summed E-state index contributed by atoms with van der Waals surface area (Å²) in [6.07, 6.45) is 0.372. The molecule has 0 radical (unpaired) electrons. The van der Waals surface area contributed by atoms with Crippen molar-refractivity contribution < 1.29 is 9.84 Å². The summed E-state index contributed by atoms with van der Waals surface area (Å²) >= 11 is 5.92. The molecular weight excluding hydrogens is 188 g/mol. The maximum Gasteiger partial charge on any atom is 0.0837 e. The van der Waals surface area contributed by atoms with E-state index < -0.39 is 6.10 Å². The molecular formula is C10H11ClO2. The van der Waals surface area contributed by atoms with Crippen molar-refractivity contribution in [2.75, 3.05) is 6.61 Å². The number of aliphatic hydroxyl groups is 1. The molecule has 1 saturated heterocycles. The molecule has 1 aliphatic rings. The van der Waals surface area contributed by atoms with Gasteiger partial charge in [-0.15, -0.1) is 0 Å². The minimum Gasteiger partial charge on any atom is -0.388 e. The Labute approximate surface area is 82.1 Å². The molecule has 13 heavy (non-hydrogen) atoms. The third-order valence-corrected chi connectivity index (χ3v) is 2.50. The topological polar surface area (TPSA) is 32.8 Å². The predicted octanol–water partition coefficient (Wildman–Crippen LogP) is 2.16. The molecule has 2 nitrogen and oxygen atoms in total. The number of benzene rings is 1. The van der Waals surface area contributed by atoms with Crippen molar-refractivity contribution in [3.63, 3.8) is 0 Å². The standard InChI is InChI=1S/C10H11ClO2/c11-9-4-2-1-3-8(9)10(12)5-7-6-13-7/h1-4,7,10,12H,5-6H2. The van der Waals surface area contributed by atoms with E-state index in [-0.39, 0.29) is 6.10 Å². The molecule has 0 aromatic heterocycles. The Morgan fingerprint density at radius 3 is 2.85 bits per heavy atom. The number of ether oxygens (including phenoxy) is 1. The van der Waals surface area contributed by atoms with E-state index in [1.54, 1.807) is 6.07 Å². The van der Waals surface area contributed by atoms with Crippen LogP contribution in [0, 0.1) is 0 Å². The number of halogens is 1. The van der Waals surface area contributed by atoms with Crippen LogP contribution < -0.4 is 0 Å². The highest BCUT2D eigenvalue weighted by Gasteiger charge is 2.26. The van der Waals surface area contributed by atoms with Crippen molar-refractivity contribution in [1.82, 2.24) is 0 Å².